The third-order valence-electron chi connectivity index (χ3n) is 7.61. The summed E-state index contributed by atoms with van der Waals surface area (Å²) in [5, 5.41) is 4.17. The normalized spacial score (nSPS) is 21.2. The van der Waals surface area contributed by atoms with Gasteiger partial charge in [0.25, 0.3) is 5.89 Å². The fourth-order valence-electron chi connectivity index (χ4n) is 5.56. The van der Waals surface area contributed by atoms with Crippen LogP contribution in [0.1, 0.15) is 25.6 Å². The molecule has 8 heteroatoms. The molecule has 0 saturated carbocycles. The molecule has 7 nitrogen and oxygen atoms in total. The number of carbonyl (C=O) groups is 1. The maximum atomic E-state index is 11.3. The molecular weight excluding hydrogens is 512 g/mol. The van der Waals surface area contributed by atoms with Gasteiger partial charge < -0.3 is 31.0 Å². The van der Waals surface area contributed by atoms with Gasteiger partial charge in [0.15, 0.2) is 6.10 Å². The lowest BCUT2D eigenvalue weighted by Crippen LogP contribution is -3.00. The summed E-state index contributed by atoms with van der Waals surface area (Å²) in [4.78, 5) is 18.1. The average Bonchev–Trinajstić information content (AvgIpc) is 3.42. The summed E-state index contributed by atoms with van der Waals surface area (Å²) < 4.78 is 11.9. The molecular formula is C31H35ClN4O3. The molecule has 3 fully saturated rings. The van der Waals surface area contributed by atoms with Crippen molar-refractivity contribution < 1.29 is 30.9 Å². The zero-order chi connectivity index (χ0) is 26.4. The fraction of sp³-hybridized carbons (Fsp3) is 0.323. The van der Waals surface area contributed by atoms with Crippen molar-refractivity contribution in [3.8, 4) is 11.5 Å². The van der Waals surface area contributed by atoms with E-state index in [4.69, 9.17) is 9.26 Å². The highest BCUT2D eigenvalue weighted by Crippen LogP contribution is 2.37. The number of benzene rings is 3. The first kappa shape index (κ1) is 28.3. The number of anilines is 2. The zero-order valence-electron chi connectivity index (χ0n) is 22.4. The van der Waals surface area contributed by atoms with E-state index in [2.05, 4.69) is 70.6 Å². The summed E-state index contributed by atoms with van der Waals surface area (Å²) >= 11 is 0. The van der Waals surface area contributed by atoms with Crippen molar-refractivity contribution in [2.75, 3.05) is 31.6 Å². The first-order chi connectivity index (χ1) is 18.5. The minimum absolute atomic E-state index is 0. The van der Waals surface area contributed by atoms with Crippen LogP contribution in [0.3, 0.4) is 0 Å². The van der Waals surface area contributed by atoms with Gasteiger partial charge in [-0.05, 0) is 36.4 Å². The molecule has 1 unspecified atom stereocenters. The summed E-state index contributed by atoms with van der Waals surface area (Å²) in [6.07, 6.45) is 2.23. The van der Waals surface area contributed by atoms with Crippen molar-refractivity contribution in [2.24, 2.45) is 5.92 Å². The second-order valence-corrected chi connectivity index (χ2v) is 10.2. The topological polar surface area (TPSA) is 68.5 Å². The van der Waals surface area contributed by atoms with E-state index in [1.165, 1.54) is 18.3 Å². The van der Waals surface area contributed by atoms with Crippen LogP contribution < -0.4 is 17.3 Å². The molecule has 0 spiro atoms. The van der Waals surface area contributed by atoms with Gasteiger partial charge in [-0.15, -0.1) is 0 Å². The van der Waals surface area contributed by atoms with E-state index in [1.807, 2.05) is 42.5 Å². The fourth-order valence-corrected chi connectivity index (χ4v) is 5.56. The Balaban J connectivity index is 0.000000202. The molecule has 0 amide bonds. The number of nitrogens with zero attached hydrogens (tertiary/aromatic N) is 4. The van der Waals surface area contributed by atoms with Crippen molar-refractivity contribution in [1.29, 1.82) is 0 Å². The van der Waals surface area contributed by atoms with Crippen LogP contribution in [0.25, 0.3) is 11.5 Å². The van der Waals surface area contributed by atoms with Crippen molar-refractivity contribution in [2.45, 2.75) is 32.4 Å². The average molecular weight is 547 g/mol. The SMILES string of the molecule is CC(=O)OC1C[N+]2(Cc3noc(-c4ccccc4)n3)CCC1CC2.CN(c1ccccc1)c1ccccc1.[Cl-]. The quantitative estimate of drug-likeness (QED) is 0.274. The summed E-state index contributed by atoms with van der Waals surface area (Å²) in [6.45, 7) is 5.28. The second kappa shape index (κ2) is 12.9. The number of para-hydroxylation sites is 2. The van der Waals surface area contributed by atoms with Gasteiger partial charge in [0.05, 0.1) is 13.1 Å². The van der Waals surface area contributed by atoms with Crippen LogP contribution in [0.4, 0.5) is 11.4 Å². The highest BCUT2D eigenvalue weighted by atomic mass is 35.5. The Morgan fingerprint density at radius 3 is 2.00 bits per heavy atom. The molecule has 3 aliphatic heterocycles. The molecule has 3 aromatic carbocycles. The Kier molecular flexibility index (Phi) is 9.38. The molecule has 4 aromatic rings. The molecule has 204 valence electrons. The third kappa shape index (κ3) is 7.05. The van der Waals surface area contributed by atoms with Crippen molar-refractivity contribution >= 4 is 17.3 Å². The predicted molar refractivity (Wildman–Crippen MR) is 148 cm³/mol. The Bertz CT molecular complexity index is 1270. The van der Waals surface area contributed by atoms with E-state index in [-0.39, 0.29) is 24.5 Å². The van der Waals surface area contributed by atoms with E-state index >= 15 is 0 Å². The molecule has 0 N–H and O–H groups in total. The first-order valence-electron chi connectivity index (χ1n) is 13.3. The van der Waals surface area contributed by atoms with E-state index < -0.39 is 0 Å². The van der Waals surface area contributed by atoms with Crippen LogP contribution in [-0.2, 0) is 16.1 Å². The first-order valence-corrected chi connectivity index (χ1v) is 13.3. The third-order valence-corrected chi connectivity index (χ3v) is 7.61. The Morgan fingerprint density at radius 1 is 0.923 bits per heavy atom. The number of aromatic nitrogens is 2. The van der Waals surface area contributed by atoms with Gasteiger partial charge in [-0.2, -0.15) is 4.98 Å². The van der Waals surface area contributed by atoms with Gasteiger partial charge in [-0.3, -0.25) is 4.79 Å². The molecule has 3 saturated heterocycles. The largest absolute Gasteiger partial charge is 1.00 e. The standard InChI is InChI=1S/C18H22N3O3.C13H13N.ClH/c1-13(22)23-16-11-21(9-7-14(16)8-10-21)12-17-19-18(24-20-17)15-5-3-2-4-6-15;1-14(12-8-4-2-5-9-12)13-10-6-3-7-11-13;/h2-6,14,16H,7-12H2,1H3;2-11H,1H3;1H/q+1;;/p-1. The highest BCUT2D eigenvalue weighted by Gasteiger charge is 2.48. The number of esters is 1. The number of halogens is 1. The zero-order valence-corrected chi connectivity index (χ0v) is 23.2. The van der Waals surface area contributed by atoms with Crippen LogP contribution in [0.15, 0.2) is 95.5 Å². The molecule has 4 heterocycles. The van der Waals surface area contributed by atoms with E-state index in [0.29, 0.717) is 11.8 Å². The van der Waals surface area contributed by atoms with Crippen LogP contribution in [0.2, 0.25) is 0 Å². The second-order valence-electron chi connectivity index (χ2n) is 10.2. The molecule has 2 bridgehead atoms. The van der Waals surface area contributed by atoms with Gasteiger partial charge in [0.2, 0.25) is 5.82 Å². The van der Waals surface area contributed by atoms with Crippen LogP contribution in [-0.4, -0.2) is 53.4 Å². The summed E-state index contributed by atoms with van der Waals surface area (Å²) in [5.74, 6) is 1.62. The van der Waals surface area contributed by atoms with E-state index in [0.717, 1.165) is 54.9 Å². The number of ether oxygens (including phenoxy) is 1. The lowest BCUT2D eigenvalue weighted by atomic mass is 9.83. The summed E-state index contributed by atoms with van der Waals surface area (Å²) in [7, 11) is 2.07. The lowest BCUT2D eigenvalue weighted by molar-refractivity contribution is -0.958. The van der Waals surface area contributed by atoms with Crippen LogP contribution in [0, 0.1) is 5.92 Å². The highest BCUT2D eigenvalue weighted by molar-refractivity contribution is 5.66. The molecule has 39 heavy (non-hydrogen) atoms. The van der Waals surface area contributed by atoms with Crippen LogP contribution >= 0.6 is 0 Å². The number of carbonyl (C=O) groups excluding carboxylic acids is 1. The Labute approximate surface area is 236 Å². The summed E-state index contributed by atoms with van der Waals surface area (Å²) in [5.41, 5.74) is 3.35. The molecule has 0 radical (unpaired) electrons. The number of hydrogen-bond donors (Lipinski definition) is 0. The molecule has 1 aromatic heterocycles. The maximum Gasteiger partial charge on any atom is 0.303 e. The van der Waals surface area contributed by atoms with Gasteiger partial charge in [0.1, 0.15) is 13.1 Å². The van der Waals surface area contributed by atoms with Crippen molar-refractivity contribution in [3.05, 3.63) is 96.8 Å². The Morgan fingerprint density at radius 2 is 1.46 bits per heavy atom. The predicted octanol–water partition coefficient (Wildman–Crippen LogP) is 2.87. The number of hydrogen-bond acceptors (Lipinski definition) is 6. The number of rotatable bonds is 6. The van der Waals surface area contributed by atoms with Gasteiger partial charge in [0, 0.05) is 49.7 Å². The van der Waals surface area contributed by atoms with Crippen LogP contribution in [0.5, 0.6) is 0 Å². The van der Waals surface area contributed by atoms with Gasteiger partial charge in [-0.25, -0.2) is 0 Å². The monoisotopic (exact) mass is 546 g/mol. The minimum Gasteiger partial charge on any atom is -1.00 e. The minimum atomic E-state index is -0.183. The van der Waals surface area contributed by atoms with E-state index in [1.54, 1.807) is 0 Å². The van der Waals surface area contributed by atoms with E-state index in [9.17, 15) is 4.79 Å². The lowest BCUT2D eigenvalue weighted by Gasteiger charge is -2.51. The van der Waals surface area contributed by atoms with Crippen molar-refractivity contribution in [3.63, 3.8) is 0 Å². The summed E-state index contributed by atoms with van der Waals surface area (Å²) in [6, 6.07) is 30.5. The molecule has 0 aliphatic carbocycles. The number of quaternary nitrogens is 1. The molecule has 3 aliphatic rings. The smallest absolute Gasteiger partial charge is 0.303 e. The maximum absolute atomic E-state index is 11.3. The number of piperidine rings is 3. The van der Waals surface area contributed by atoms with Gasteiger partial charge >= 0.3 is 5.97 Å². The Hall–Kier alpha value is -3.68. The van der Waals surface area contributed by atoms with Gasteiger partial charge in [-0.1, -0.05) is 59.8 Å². The van der Waals surface area contributed by atoms with Crippen molar-refractivity contribution in [1.82, 2.24) is 10.1 Å². The number of fused-ring (bicyclic) bond motifs is 3. The molecule has 1 atom stereocenters. The molecule has 7 rings (SSSR count).